The number of nitrogens with one attached hydrogen (secondary N) is 1. The molecule has 1 unspecified atom stereocenters. The number of amides is 2. The van der Waals surface area contributed by atoms with Crippen LogP contribution in [0.1, 0.15) is 16.1 Å². The van der Waals surface area contributed by atoms with E-state index in [0.717, 1.165) is 21.7 Å². The van der Waals surface area contributed by atoms with Crippen LogP contribution < -0.4 is 9.62 Å². The molecule has 174 valence electrons. The average molecular weight is 471 g/mol. The molecule has 3 rings (SSSR count). The topological polar surface area (TPSA) is 138 Å². The fraction of sp³-hybridized carbons (Fsp3) is 0.368. The molecule has 13 heteroatoms. The summed E-state index contributed by atoms with van der Waals surface area (Å²) in [5, 5.41) is 21.2. The number of nitrogens with zero attached hydrogens (tertiary/aromatic N) is 3. The minimum atomic E-state index is -3.03. The molecule has 3 N–H and O–H groups in total. The molecular formula is C19H21F2N4O6S-. The van der Waals surface area contributed by atoms with Gasteiger partial charge >= 0.3 is 6.09 Å². The fourth-order valence-electron chi connectivity index (χ4n) is 3.73. The zero-order chi connectivity index (χ0) is 23.7. The average Bonchev–Trinajstić information content (AvgIpc) is 3.26. The SMILES string of the molecule is Cc1cc(NC(=O)c2c(F)c(N([C@H]3CN(C(=O)O)C[C@@H]3CO)S(=O)[O-])cn2C)ccc1F. The number of aliphatic hydroxyl groups is 1. The van der Waals surface area contributed by atoms with Gasteiger partial charge in [-0.2, -0.15) is 0 Å². The number of anilines is 2. The van der Waals surface area contributed by atoms with Gasteiger partial charge in [-0.1, -0.05) is 0 Å². The molecule has 1 aromatic carbocycles. The molecule has 0 saturated carbocycles. The predicted molar refractivity (Wildman–Crippen MR) is 110 cm³/mol. The lowest BCUT2D eigenvalue weighted by molar-refractivity contribution is 0.101. The lowest BCUT2D eigenvalue weighted by atomic mass is 10.1. The molecule has 3 atom stereocenters. The summed E-state index contributed by atoms with van der Waals surface area (Å²) in [7, 11) is 1.34. The summed E-state index contributed by atoms with van der Waals surface area (Å²) >= 11 is -3.03. The first-order valence-corrected chi connectivity index (χ1v) is 10.5. The molecule has 32 heavy (non-hydrogen) atoms. The van der Waals surface area contributed by atoms with Gasteiger partial charge in [-0.15, -0.1) is 0 Å². The monoisotopic (exact) mass is 471 g/mol. The smallest absolute Gasteiger partial charge is 0.407 e. The summed E-state index contributed by atoms with van der Waals surface area (Å²) in [4.78, 5) is 24.9. The van der Waals surface area contributed by atoms with Crippen molar-refractivity contribution < 1.29 is 37.3 Å². The van der Waals surface area contributed by atoms with Crippen LogP contribution in [0, 0.1) is 24.5 Å². The quantitative estimate of drug-likeness (QED) is 0.545. The molecule has 2 heterocycles. The molecule has 1 aromatic heterocycles. The molecule has 1 fully saturated rings. The maximum absolute atomic E-state index is 15.3. The van der Waals surface area contributed by atoms with Gasteiger partial charge in [-0.3, -0.25) is 13.3 Å². The van der Waals surface area contributed by atoms with Crippen molar-refractivity contribution in [2.45, 2.75) is 13.0 Å². The second-order valence-electron chi connectivity index (χ2n) is 7.45. The van der Waals surface area contributed by atoms with Gasteiger partial charge in [0.25, 0.3) is 5.91 Å². The number of carbonyl (C=O) groups is 2. The minimum absolute atomic E-state index is 0.129. The van der Waals surface area contributed by atoms with Gasteiger partial charge in [0.15, 0.2) is 5.82 Å². The van der Waals surface area contributed by atoms with E-state index in [1.54, 1.807) is 0 Å². The Bertz CT molecular complexity index is 1080. The first-order chi connectivity index (χ1) is 15.0. The minimum Gasteiger partial charge on any atom is -0.755 e. The molecule has 2 aromatic rings. The number of halogens is 2. The fourth-order valence-corrected chi connectivity index (χ4v) is 4.48. The van der Waals surface area contributed by atoms with Crippen molar-refractivity contribution in [2.75, 3.05) is 29.3 Å². The Labute approximate surface area is 184 Å². The summed E-state index contributed by atoms with van der Waals surface area (Å²) in [6.45, 7) is 0.566. The Morgan fingerprint density at radius 3 is 2.59 bits per heavy atom. The van der Waals surface area contributed by atoms with Gasteiger partial charge in [0.2, 0.25) is 0 Å². The molecule has 1 aliphatic heterocycles. The number of rotatable bonds is 6. The molecule has 10 nitrogen and oxygen atoms in total. The van der Waals surface area contributed by atoms with Crippen LogP contribution in [-0.4, -0.2) is 66.2 Å². The molecule has 0 bridgehead atoms. The van der Waals surface area contributed by atoms with Crippen LogP contribution in [0.3, 0.4) is 0 Å². The summed E-state index contributed by atoms with van der Waals surface area (Å²) in [6, 6.07) is 2.73. The van der Waals surface area contributed by atoms with Gasteiger partial charge in [0.05, 0.1) is 6.04 Å². The molecule has 1 aliphatic rings. The lowest BCUT2D eigenvalue weighted by Gasteiger charge is -2.33. The van der Waals surface area contributed by atoms with E-state index >= 15 is 4.39 Å². The number of hydrogen-bond donors (Lipinski definition) is 3. The first-order valence-electron chi connectivity index (χ1n) is 9.44. The summed E-state index contributed by atoms with van der Waals surface area (Å²) in [5.41, 5.74) is -0.459. The predicted octanol–water partition coefficient (Wildman–Crippen LogP) is 1.44. The largest absolute Gasteiger partial charge is 0.755 e. The van der Waals surface area contributed by atoms with Crippen molar-refractivity contribution in [3.05, 3.63) is 47.3 Å². The summed E-state index contributed by atoms with van der Waals surface area (Å²) in [6.07, 6.45) is -0.209. The molecule has 1 saturated heterocycles. The van der Waals surface area contributed by atoms with Gasteiger partial charge in [-0.05, 0) is 30.7 Å². The Morgan fingerprint density at radius 2 is 2.03 bits per heavy atom. The van der Waals surface area contributed by atoms with Gasteiger partial charge in [0.1, 0.15) is 17.2 Å². The standard InChI is InChI=1S/C19H22F2N4O6S/c1-10-5-12(3-4-13(10)20)22-18(27)17-16(21)15(7-23(17)2)25(32(30)31)14-8-24(19(28)29)6-11(14)9-26/h3-5,7,11,14,26H,6,8-9H2,1-2H3,(H,22,27)(H,28,29)(H,30,31)/p-1/t11-,14+/m1/s1. The third-order valence-corrected chi connectivity index (χ3v) is 6.13. The molecular weight excluding hydrogens is 450 g/mol. The van der Waals surface area contributed by atoms with Crippen LogP contribution in [0.25, 0.3) is 0 Å². The van der Waals surface area contributed by atoms with Crippen molar-refractivity contribution in [3.63, 3.8) is 0 Å². The third-order valence-electron chi connectivity index (χ3n) is 5.34. The van der Waals surface area contributed by atoms with Crippen LogP contribution in [-0.2, 0) is 18.3 Å². The second-order valence-corrected chi connectivity index (χ2v) is 8.27. The Morgan fingerprint density at radius 1 is 1.34 bits per heavy atom. The van der Waals surface area contributed by atoms with E-state index in [1.165, 1.54) is 26.1 Å². The number of carbonyl (C=O) groups excluding carboxylic acids is 1. The van der Waals surface area contributed by atoms with Crippen molar-refractivity contribution in [1.82, 2.24) is 9.47 Å². The molecule has 2 amide bonds. The zero-order valence-corrected chi connectivity index (χ0v) is 17.9. The number of hydrogen-bond acceptors (Lipinski definition) is 5. The van der Waals surface area contributed by atoms with E-state index in [2.05, 4.69) is 5.32 Å². The van der Waals surface area contributed by atoms with Gasteiger partial charge < -0.3 is 29.5 Å². The van der Waals surface area contributed by atoms with E-state index in [9.17, 15) is 33.0 Å². The zero-order valence-electron chi connectivity index (χ0n) is 17.1. The number of likely N-dealkylation sites (tertiary alicyclic amines) is 1. The summed E-state index contributed by atoms with van der Waals surface area (Å²) in [5.74, 6) is -3.30. The number of aliphatic hydroxyl groups excluding tert-OH is 1. The highest BCUT2D eigenvalue weighted by atomic mass is 32.2. The normalized spacial score (nSPS) is 19.1. The number of benzene rings is 1. The van der Waals surface area contributed by atoms with E-state index in [1.807, 2.05) is 0 Å². The number of aromatic nitrogens is 1. The van der Waals surface area contributed by atoms with E-state index in [-0.39, 0.29) is 24.3 Å². The van der Waals surface area contributed by atoms with Crippen LogP contribution in [0.2, 0.25) is 0 Å². The van der Waals surface area contributed by atoms with Crippen LogP contribution in [0.5, 0.6) is 0 Å². The Hall–Kier alpha value is -3.03. The van der Waals surface area contributed by atoms with Crippen molar-refractivity contribution in [1.29, 1.82) is 0 Å². The maximum atomic E-state index is 15.3. The molecule has 0 aliphatic carbocycles. The van der Waals surface area contributed by atoms with E-state index in [0.29, 0.717) is 4.31 Å². The second kappa shape index (κ2) is 9.22. The van der Waals surface area contributed by atoms with Crippen LogP contribution in [0.4, 0.5) is 25.0 Å². The first kappa shape index (κ1) is 23.6. The van der Waals surface area contributed by atoms with Gasteiger partial charge in [-0.25, -0.2) is 13.6 Å². The Balaban J connectivity index is 1.94. The van der Waals surface area contributed by atoms with E-state index in [4.69, 9.17) is 0 Å². The highest BCUT2D eigenvalue weighted by Gasteiger charge is 2.41. The Kier molecular flexibility index (Phi) is 6.81. The highest BCUT2D eigenvalue weighted by molar-refractivity contribution is 7.80. The summed E-state index contributed by atoms with van der Waals surface area (Å²) < 4.78 is 54.5. The van der Waals surface area contributed by atoms with Crippen LogP contribution in [0.15, 0.2) is 24.4 Å². The molecule has 0 radical (unpaired) electrons. The van der Waals surface area contributed by atoms with Crippen molar-refractivity contribution in [2.24, 2.45) is 13.0 Å². The highest BCUT2D eigenvalue weighted by Crippen LogP contribution is 2.32. The number of aryl methyl sites for hydroxylation is 2. The van der Waals surface area contributed by atoms with Crippen LogP contribution >= 0.6 is 0 Å². The van der Waals surface area contributed by atoms with E-state index < -0.39 is 64.8 Å². The molecule has 0 spiro atoms. The number of carboxylic acid groups (broad SMARTS) is 1. The third kappa shape index (κ3) is 4.45. The maximum Gasteiger partial charge on any atom is 0.407 e. The lowest BCUT2D eigenvalue weighted by Crippen LogP contribution is -2.43. The van der Waals surface area contributed by atoms with Crippen molar-refractivity contribution >= 4 is 34.6 Å². The van der Waals surface area contributed by atoms with Gasteiger partial charge in [0, 0.05) is 55.8 Å². The van der Waals surface area contributed by atoms with Crippen molar-refractivity contribution in [3.8, 4) is 0 Å².